The zero-order chi connectivity index (χ0) is 18.7. The highest BCUT2D eigenvalue weighted by Crippen LogP contribution is 2.48. The van der Waals surface area contributed by atoms with E-state index in [1.807, 2.05) is 13.0 Å². The number of esters is 1. The van der Waals surface area contributed by atoms with Crippen molar-refractivity contribution in [3.8, 4) is 0 Å². The Labute approximate surface area is 157 Å². The van der Waals surface area contributed by atoms with E-state index in [1.165, 1.54) is 23.8 Å². The van der Waals surface area contributed by atoms with Gasteiger partial charge in [0.15, 0.2) is 6.29 Å². The molecule has 6 nitrogen and oxygen atoms in total. The fourth-order valence-electron chi connectivity index (χ4n) is 5.16. The third-order valence-electron chi connectivity index (χ3n) is 6.45. The first-order chi connectivity index (χ1) is 13.1. The maximum absolute atomic E-state index is 12.4. The number of nitrogens with zero attached hydrogens (tertiary/aromatic N) is 1. The van der Waals surface area contributed by atoms with E-state index in [9.17, 15) is 9.90 Å². The summed E-state index contributed by atoms with van der Waals surface area (Å²) in [5.74, 6) is -1.18. The van der Waals surface area contributed by atoms with Crippen LogP contribution < -0.4 is 0 Å². The summed E-state index contributed by atoms with van der Waals surface area (Å²) in [6.07, 6.45) is 2.56. The molecule has 6 heteroatoms. The predicted molar refractivity (Wildman–Crippen MR) is 99.7 cm³/mol. The highest BCUT2D eigenvalue weighted by Gasteiger charge is 2.49. The molecule has 3 aliphatic rings. The number of hydrogen-bond acceptors (Lipinski definition) is 5. The van der Waals surface area contributed by atoms with Crippen molar-refractivity contribution in [2.75, 3.05) is 13.7 Å². The Morgan fingerprint density at radius 1 is 1.37 bits per heavy atom. The van der Waals surface area contributed by atoms with Gasteiger partial charge in [-0.1, -0.05) is 18.2 Å². The molecule has 2 unspecified atom stereocenters. The Kier molecular flexibility index (Phi) is 3.81. The lowest BCUT2D eigenvalue weighted by atomic mass is 9.73. The van der Waals surface area contributed by atoms with E-state index in [0.717, 1.165) is 30.5 Å². The van der Waals surface area contributed by atoms with Gasteiger partial charge in [-0.3, -0.25) is 4.79 Å². The van der Waals surface area contributed by atoms with Crippen LogP contribution in [0, 0.1) is 11.8 Å². The second-order valence-electron chi connectivity index (χ2n) is 7.76. The SMILES string of the molecule is COC(=O)C1C(O)O[C@H](C)C2=CN3CCc4c([nH]c5ccccc45)[C@@H]3C[C@@H]21. The summed E-state index contributed by atoms with van der Waals surface area (Å²) in [7, 11) is 1.36. The number of rotatable bonds is 1. The summed E-state index contributed by atoms with van der Waals surface area (Å²) in [5.41, 5.74) is 4.84. The molecule has 5 atom stereocenters. The summed E-state index contributed by atoms with van der Waals surface area (Å²) in [5, 5.41) is 11.7. The third-order valence-corrected chi connectivity index (χ3v) is 6.45. The second-order valence-corrected chi connectivity index (χ2v) is 7.76. The van der Waals surface area contributed by atoms with Crippen molar-refractivity contribution in [2.24, 2.45) is 11.8 Å². The Balaban J connectivity index is 1.59. The van der Waals surface area contributed by atoms with Crippen LogP contribution in [0.25, 0.3) is 10.9 Å². The van der Waals surface area contributed by atoms with Gasteiger partial charge in [-0.15, -0.1) is 0 Å². The van der Waals surface area contributed by atoms with Gasteiger partial charge in [-0.25, -0.2) is 0 Å². The third kappa shape index (κ3) is 2.43. The van der Waals surface area contributed by atoms with Gasteiger partial charge in [-0.05, 0) is 37.0 Å². The van der Waals surface area contributed by atoms with Gasteiger partial charge in [0.2, 0.25) is 0 Å². The first-order valence-electron chi connectivity index (χ1n) is 9.56. The summed E-state index contributed by atoms with van der Waals surface area (Å²) < 4.78 is 10.6. The molecule has 1 aromatic carbocycles. The van der Waals surface area contributed by atoms with Crippen LogP contribution in [-0.2, 0) is 20.7 Å². The molecule has 0 radical (unpaired) electrons. The van der Waals surface area contributed by atoms with Crippen LogP contribution >= 0.6 is 0 Å². The predicted octanol–water partition coefficient (Wildman–Crippen LogP) is 2.50. The molecule has 0 amide bonds. The maximum atomic E-state index is 12.4. The molecular formula is C21H24N2O4. The number of methoxy groups -OCH3 is 1. The van der Waals surface area contributed by atoms with E-state index in [1.54, 1.807) is 0 Å². The lowest BCUT2D eigenvalue weighted by Gasteiger charge is -2.48. The summed E-state index contributed by atoms with van der Waals surface area (Å²) in [6, 6.07) is 8.57. The quantitative estimate of drug-likeness (QED) is 0.757. The number of para-hydroxylation sites is 1. The normalized spacial score (nSPS) is 32.3. The van der Waals surface area contributed by atoms with Crippen molar-refractivity contribution in [3.63, 3.8) is 0 Å². The van der Waals surface area contributed by atoms with Gasteiger partial charge in [0.1, 0.15) is 5.92 Å². The highest BCUT2D eigenvalue weighted by atomic mass is 16.6. The molecule has 0 saturated carbocycles. The van der Waals surface area contributed by atoms with Crippen molar-refractivity contribution in [1.82, 2.24) is 9.88 Å². The molecule has 0 spiro atoms. The Morgan fingerprint density at radius 2 is 2.19 bits per heavy atom. The summed E-state index contributed by atoms with van der Waals surface area (Å²) >= 11 is 0. The van der Waals surface area contributed by atoms with E-state index in [0.29, 0.717) is 0 Å². The van der Waals surface area contributed by atoms with E-state index < -0.39 is 18.2 Å². The highest BCUT2D eigenvalue weighted by molar-refractivity contribution is 5.85. The average molecular weight is 368 g/mol. The Hall–Kier alpha value is -2.31. The standard InChI is InChI=1S/C21H24N2O4/c1-11-15-10-23-8-7-13-12-5-3-4-6-16(12)22-19(13)17(23)9-14(15)18(20(24)26-2)21(25)27-11/h3-6,10-11,14,17-18,21-22,25H,7-9H2,1-2H3/t11-,14+,17+,18?,21?/m1/s1. The summed E-state index contributed by atoms with van der Waals surface area (Å²) in [4.78, 5) is 18.3. The number of H-pyrrole nitrogens is 1. The van der Waals surface area contributed by atoms with E-state index in [4.69, 9.17) is 9.47 Å². The number of aliphatic hydroxyl groups excluding tert-OH is 1. The van der Waals surface area contributed by atoms with Crippen molar-refractivity contribution in [2.45, 2.75) is 38.2 Å². The van der Waals surface area contributed by atoms with Crippen molar-refractivity contribution >= 4 is 16.9 Å². The van der Waals surface area contributed by atoms with Gasteiger partial charge in [-0.2, -0.15) is 0 Å². The van der Waals surface area contributed by atoms with E-state index >= 15 is 0 Å². The van der Waals surface area contributed by atoms with Crippen molar-refractivity contribution in [3.05, 3.63) is 47.3 Å². The Bertz CT molecular complexity index is 933. The van der Waals surface area contributed by atoms with Crippen LogP contribution in [-0.4, -0.2) is 47.0 Å². The number of carbonyl (C=O) groups excluding carboxylic acids is 1. The minimum Gasteiger partial charge on any atom is -0.469 e. The molecule has 5 rings (SSSR count). The van der Waals surface area contributed by atoms with Gasteiger partial charge in [0, 0.05) is 35.3 Å². The molecule has 2 aromatic rings. The molecule has 3 aliphatic heterocycles. The van der Waals surface area contributed by atoms with Gasteiger partial charge >= 0.3 is 5.97 Å². The molecule has 0 bridgehead atoms. The smallest absolute Gasteiger partial charge is 0.314 e. The lowest BCUT2D eigenvalue weighted by molar-refractivity contribution is -0.204. The zero-order valence-corrected chi connectivity index (χ0v) is 15.5. The molecular weight excluding hydrogens is 344 g/mol. The van der Waals surface area contributed by atoms with Crippen LogP contribution in [0.5, 0.6) is 0 Å². The topological polar surface area (TPSA) is 74.8 Å². The number of carbonyl (C=O) groups is 1. The number of ether oxygens (including phenoxy) is 2. The first kappa shape index (κ1) is 16.8. The molecule has 4 heterocycles. The number of nitrogens with one attached hydrogen (secondary N) is 1. The monoisotopic (exact) mass is 368 g/mol. The number of aliphatic hydroxyl groups is 1. The molecule has 1 saturated heterocycles. The fourth-order valence-corrected chi connectivity index (χ4v) is 5.16. The van der Waals surface area contributed by atoms with Gasteiger partial charge < -0.3 is 24.5 Å². The van der Waals surface area contributed by atoms with E-state index in [-0.39, 0.29) is 18.1 Å². The van der Waals surface area contributed by atoms with Crippen LogP contribution in [0.4, 0.5) is 0 Å². The van der Waals surface area contributed by atoms with Crippen LogP contribution in [0.1, 0.15) is 30.6 Å². The lowest BCUT2D eigenvalue weighted by Crippen LogP contribution is -2.50. The zero-order valence-electron chi connectivity index (χ0n) is 15.5. The van der Waals surface area contributed by atoms with Crippen LogP contribution in [0.3, 0.4) is 0 Å². The first-order valence-corrected chi connectivity index (χ1v) is 9.56. The molecule has 27 heavy (non-hydrogen) atoms. The number of fused-ring (bicyclic) bond motifs is 6. The number of aromatic nitrogens is 1. The van der Waals surface area contributed by atoms with Gasteiger partial charge in [0.25, 0.3) is 0 Å². The van der Waals surface area contributed by atoms with Crippen LogP contribution in [0.15, 0.2) is 36.0 Å². The molecule has 142 valence electrons. The number of aromatic amines is 1. The maximum Gasteiger partial charge on any atom is 0.314 e. The second kappa shape index (κ2) is 6.11. The van der Waals surface area contributed by atoms with Crippen molar-refractivity contribution in [1.29, 1.82) is 0 Å². The van der Waals surface area contributed by atoms with Crippen LogP contribution in [0.2, 0.25) is 0 Å². The Morgan fingerprint density at radius 3 is 3.00 bits per heavy atom. The molecule has 1 fully saturated rings. The molecule has 2 N–H and O–H groups in total. The van der Waals surface area contributed by atoms with E-state index in [2.05, 4.69) is 34.3 Å². The molecule has 1 aromatic heterocycles. The fraction of sp³-hybridized carbons (Fsp3) is 0.476. The van der Waals surface area contributed by atoms with Gasteiger partial charge in [0.05, 0.1) is 19.3 Å². The summed E-state index contributed by atoms with van der Waals surface area (Å²) in [6.45, 7) is 2.88. The minimum atomic E-state index is -1.13. The average Bonchev–Trinajstić information content (AvgIpc) is 3.06. The number of hydrogen-bond donors (Lipinski definition) is 2. The van der Waals surface area contributed by atoms with Crippen molar-refractivity contribution < 1.29 is 19.4 Å². The minimum absolute atomic E-state index is 0.0881. The number of benzene rings is 1. The molecule has 0 aliphatic carbocycles. The largest absolute Gasteiger partial charge is 0.469 e.